The maximum atomic E-state index is 12.2. The highest BCUT2D eigenvalue weighted by Crippen LogP contribution is 2.38. The molecule has 0 bridgehead atoms. The van der Waals surface area contributed by atoms with Crippen molar-refractivity contribution in [1.29, 1.82) is 0 Å². The van der Waals surface area contributed by atoms with Gasteiger partial charge in [0.1, 0.15) is 0 Å². The molecular formula is C12H17N3OS. The maximum absolute atomic E-state index is 12.2. The molecule has 2 heterocycles. The van der Waals surface area contributed by atoms with Crippen LogP contribution in [0.25, 0.3) is 0 Å². The van der Waals surface area contributed by atoms with Crippen LogP contribution in [0.3, 0.4) is 0 Å². The van der Waals surface area contributed by atoms with Crippen LogP contribution >= 0.6 is 11.3 Å². The zero-order chi connectivity index (χ0) is 11.8. The molecule has 1 aromatic rings. The predicted octanol–water partition coefficient (Wildman–Crippen LogP) is 1.69. The van der Waals surface area contributed by atoms with Gasteiger partial charge in [0.2, 0.25) is 5.91 Å². The molecule has 0 aromatic carbocycles. The van der Waals surface area contributed by atoms with E-state index in [1.54, 1.807) is 11.3 Å². The third-order valence-electron chi connectivity index (χ3n) is 3.62. The molecule has 0 spiro atoms. The third-order valence-corrected chi connectivity index (χ3v) is 4.22. The van der Waals surface area contributed by atoms with Crippen LogP contribution in [-0.2, 0) is 4.79 Å². The first-order valence-corrected chi connectivity index (χ1v) is 7.16. The van der Waals surface area contributed by atoms with E-state index in [0.717, 1.165) is 31.4 Å². The zero-order valence-electron chi connectivity index (χ0n) is 9.71. The number of carbonyl (C=O) groups excluding carboxylic acids is 1. The molecule has 2 N–H and O–H groups in total. The van der Waals surface area contributed by atoms with Gasteiger partial charge in [0.05, 0.1) is 17.2 Å². The Bertz CT molecular complexity index is 402. The molecule has 1 aliphatic carbocycles. The summed E-state index contributed by atoms with van der Waals surface area (Å²) in [5, 5.41) is 2.03. The molecule has 92 valence electrons. The summed E-state index contributed by atoms with van der Waals surface area (Å²) in [7, 11) is 0. The van der Waals surface area contributed by atoms with Gasteiger partial charge in [0, 0.05) is 23.9 Å². The van der Waals surface area contributed by atoms with Gasteiger partial charge in [-0.05, 0) is 25.7 Å². The fourth-order valence-electron chi connectivity index (χ4n) is 2.65. The Kier molecular flexibility index (Phi) is 2.88. The Labute approximate surface area is 105 Å². The highest BCUT2D eigenvalue weighted by atomic mass is 32.1. The Balaban J connectivity index is 1.95. The smallest absolute Gasteiger partial charge is 0.223 e. The lowest BCUT2D eigenvalue weighted by molar-refractivity contribution is -0.134. The van der Waals surface area contributed by atoms with Crippen molar-refractivity contribution in [3.8, 4) is 0 Å². The minimum absolute atomic E-state index is 0.00347. The van der Waals surface area contributed by atoms with Crippen LogP contribution in [0, 0.1) is 0 Å². The summed E-state index contributed by atoms with van der Waals surface area (Å²) in [5.74, 6) is 0.262. The average Bonchev–Trinajstić information content (AvgIpc) is 3.02. The third kappa shape index (κ3) is 2.09. The molecule has 1 saturated heterocycles. The number of hydrogen-bond acceptors (Lipinski definition) is 4. The Morgan fingerprint density at radius 3 is 2.88 bits per heavy atom. The molecule has 0 radical (unpaired) electrons. The van der Waals surface area contributed by atoms with E-state index in [4.69, 9.17) is 5.73 Å². The standard InChI is InChI=1S/C12H17N3OS/c13-9-2-1-3-11(16)15(8-4-5-8)12(9)10-6-17-7-14-10/h6-9,12H,1-5,13H2. The number of amides is 1. The fourth-order valence-corrected chi connectivity index (χ4v) is 3.23. The van der Waals surface area contributed by atoms with Gasteiger partial charge < -0.3 is 10.6 Å². The molecule has 5 heteroatoms. The summed E-state index contributed by atoms with van der Waals surface area (Å²) in [5.41, 5.74) is 9.06. The van der Waals surface area contributed by atoms with Gasteiger partial charge in [0.15, 0.2) is 0 Å². The van der Waals surface area contributed by atoms with E-state index in [-0.39, 0.29) is 18.0 Å². The largest absolute Gasteiger partial charge is 0.329 e. The molecule has 1 aliphatic heterocycles. The second-order valence-corrected chi connectivity index (χ2v) is 5.67. The molecule has 3 rings (SSSR count). The number of carbonyl (C=O) groups is 1. The number of likely N-dealkylation sites (tertiary alicyclic amines) is 1. The summed E-state index contributed by atoms with van der Waals surface area (Å²) in [6.07, 6.45) is 4.71. The minimum Gasteiger partial charge on any atom is -0.329 e. The van der Waals surface area contributed by atoms with E-state index in [0.29, 0.717) is 12.5 Å². The van der Waals surface area contributed by atoms with Crippen molar-refractivity contribution < 1.29 is 4.79 Å². The highest BCUT2D eigenvalue weighted by Gasteiger charge is 2.42. The van der Waals surface area contributed by atoms with E-state index in [2.05, 4.69) is 4.98 Å². The molecular weight excluding hydrogens is 234 g/mol. The second kappa shape index (κ2) is 4.38. The van der Waals surface area contributed by atoms with Crippen LogP contribution in [0.15, 0.2) is 10.9 Å². The van der Waals surface area contributed by atoms with Crippen LogP contribution in [0.5, 0.6) is 0 Å². The number of aromatic nitrogens is 1. The molecule has 2 atom stereocenters. The predicted molar refractivity (Wildman–Crippen MR) is 66.5 cm³/mol. The van der Waals surface area contributed by atoms with Gasteiger partial charge in [0.25, 0.3) is 0 Å². The molecule has 2 fully saturated rings. The van der Waals surface area contributed by atoms with Gasteiger partial charge in [-0.3, -0.25) is 4.79 Å². The monoisotopic (exact) mass is 251 g/mol. The van der Waals surface area contributed by atoms with Gasteiger partial charge >= 0.3 is 0 Å². The first-order chi connectivity index (χ1) is 8.27. The summed E-state index contributed by atoms with van der Waals surface area (Å²) < 4.78 is 0. The number of thiazole rings is 1. The van der Waals surface area contributed by atoms with Crippen molar-refractivity contribution in [3.63, 3.8) is 0 Å². The van der Waals surface area contributed by atoms with Gasteiger partial charge in [-0.1, -0.05) is 0 Å². The number of nitrogens with two attached hydrogens (primary N) is 1. The molecule has 2 unspecified atom stereocenters. The van der Waals surface area contributed by atoms with E-state index >= 15 is 0 Å². The lowest BCUT2D eigenvalue weighted by atomic mass is 10.0. The lowest BCUT2D eigenvalue weighted by Gasteiger charge is -2.32. The lowest BCUT2D eigenvalue weighted by Crippen LogP contribution is -2.43. The first-order valence-electron chi connectivity index (χ1n) is 6.22. The SMILES string of the molecule is NC1CCCC(=O)N(C2CC2)C1c1cscn1. The molecule has 2 aliphatic rings. The molecule has 4 nitrogen and oxygen atoms in total. The van der Waals surface area contributed by atoms with Crippen LogP contribution in [0.1, 0.15) is 43.8 Å². The average molecular weight is 251 g/mol. The number of hydrogen-bond donors (Lipinski definition) is 1. The fraction of sp³-hybridized carbons (Fsp3) is 0.667. The van der Waals surface area contributed by atoms with Crippen molar-refractivity contribution >= 4 is 17.2 Å². The summed E-state index contributed by atoms with van der Waals surface area (Å²) in [6.45, 7) is 0. The molecule has 17 heavy (non-hydrogen) atoms. The molecule has 1 amide bonds. The van der Waals surface area contributed by atoms with Crippen LogP contribution < -0.4 is 5.73 Å². The number of rotatable bonds is 2. The van der Waals surface area contributed by atoms with Crippen molar-refractivity contribution in [2.45, 2.75) is 50.2 Å². The maximum Gasteiger partial charge on any atom is 0.223 e. The van der Waals surface area contributed by atoms with Crippen molar-refractivity contribution in [3.05, 3.63) is 16.6 Å². The van der Waals surface area contributed by atoms with E-state index in [9.17, 15) is 4.79 Å². The van der Waals surface area contributed by atoms with E-state index in [1.165, 1.54) is 0 Å². The Morgan fingerprint density at radius 2 is 2.24 bits per heavy atom. The summed E-state index contributed by atoms with van der Waals surface area (Å²) in [4.78, 5) is 18.6. The first kappa shape index (κ1) is 11.2. The topological polar surface area (TPSA) is 59.2 Å². The normalized spacial score (nSPS) is 30.4. The second-order valence-electron chi connectivity index (χ2n) is 4.95. The van der Waals surface area contributed by atoms with Gasteiger partial charge in [-0.25, -0.2) is 4.98 Å². The van der Waals surface area contributed by atoms with Crippen LogP contribution in [0.4, 0.5) is 0 Å². The molecule has 1 aromatic heterocycles. The summed E-state index contributed by atoms with van der Waals surface area (Å²) in [6, 6.07) is 0.450. The van der Waals surface area contributed by atoms with Crippen molar-refractivity contribution in [2.24, 2.45) is 5.73 Å². The van der Waals surface area contributed by atoms with E-state index in [1.807, 2.05) is 15.8 Å². The Morgan fingerprint density at radius 1 is 1.41 bits per heavy atom. The highest BCUT2D eigenvalue weighted by molar-refractivity contribution is 7.07. The van der Waals surface area contributed by atoms with E-state index < -0.39 is 0 Å². The quantitative estimate of drug-likeness (QED) is 0.870. The van der Waals surface area contributed by atoms with Gasteiger partial charge in [-0.15, -0.1) is 11.3 Å². The molecule has 1 saturated carbocycles. The van der Waals surface area contributed by atoms with Gasteiger partial charge in [-0.2, -0.15) is 0 Å². The Hall–Kier alpha value is -0.940. The van der Waals surface area contributed by atoms with Crippen LogP contribution in [-0.4, -0.2) is 27.9 Å². The van der Waals surface area contributed by atoms with Crippen molar-refractivity contribution in [1.82, 2.24) is 9.88 Å². The summed E-state index contributed by atoms with van der Waals surface area (Å²) >= 11 is 1.57. The van der Waals surface area contributed by atoms with Crippen molar-refractivity contribution in [2.75, 3.05) is 0 Å². The van der Waals surface area contributed by atoms with Crippen LogP contribution in [0.2, 0.25) is 0 Å². The number of nitrogens with zero attached hydrogens (tertiary/aromatic N) is 2. The zero-order valence-corrected chi connectivity index (χ0v) is 10.5. The minimum atomic E-state index is 0.00347.